The summed E-state index contributed by atoms with van der Waals surface area (Å²) >= 11 is 0. The number of rotatable bonds is 6. The molecule has 0 atom stereocenters. The van der Waals surface area contributed by atoms with Gasteiger partial charge in [-0.2, -0.15) is 0 Å². The lowest BCUT2D eigenvalue weighted by molar-refractivity contribution is -0.134. The summed E-state index contributed by atoms with van der Waals surface area (Å²) in [6, 6.07) is 8.83. The van der Waals surface area contributed by atoms with Crippen LogP contribution in [-0.2, 0) is 16.1 Å². The Morgan fingerprint density at radius 1 is 1.19 bits per heavy atom. The molecule has 2 aromatic rings. The average molecular weight is 356 g/mol. The third-order valence-electron chi connectivity index (χ3n) is 3.94. The van der Waals surface area contributed by atoms with Crippen LogP contribution in [-0.4, -0.2) is 48.1 Å². The number of likely N-dealkylation sites (N-methyl/N-ethyl adjacent to an activating group) is 1. The van der Waals surface area contributed by atoms with Crippen molar-refractivity contribution in [1.82, 2.24) is 9.88 Å². The Morgan fingerprint density at radius 3 is 2.73 bits per heavy atom. The molecule has 1 aromatic carbocycles. The van der Waals surface area contributed by atoms with E-state index < -0.39 is 5.97 Å². The highest BCUT2D eigenvalue weighted by Gasteiger charge is 2.17. The van der Waals surface area contributed by atoms with Gasteiger partial charge in [0, 0.05) is 25.5 Å². The number of benzene rings is 1. The molecule has 0 radical (unpaired) electrons. The van der Waals surface area contributed by atoms with E-state index in [9.17, 15) is 9.59 Å². The number of nitrogens with zero attached hydrogens (tertiary/aromatic N) is 2. The molecule has 0 spiro atoms. The number of hydrogen-bond acceptors (Lipinski definition) is 6. The Bertz CT molecular complexity index is 779. The molecule has 0 fully saturated rings. The molecule has 26 heavy (non-hydrogen) atoms. The predicted octanol–water partition coefficient (Wildman–Crippen LogP) is 2.06. The lowest BCUT2D eigenvalue weighted by Crippen LogP contribution is -2.34. The molecule has 1 aliphatic rings. The van der Waals surface area contributed by atoms with Crippen molar-refractivity contribution in [2.75, 3.05) is 26.4 Å². The van der Waals surface area contributed by atoms with Gasteiger partial charge >= 0.3 is 5.97 Å². The van der Waals surface area contributed by atoms with Crippen LogP contribution in [0.15, 0.2) is 42.7 Å². The quantitative estimate of drug-likeness (QED) is 0.737. The molecule has 1 aliphatic heterocycles. The van der Waals surface area contributed by atoms with Gasteiger partial charge in [-0.05, 0) is 36.8 Å². The second-order valence-electron chi connectivity index (χ2n) is 5.70. The van der Waals surface area contributed by atoms with E-state index in [1.165, 1.54) is 6.20 Å². The summed E-state index contributed by atoms with van der Waals surface area (Å²) in [6.07, 6.45) is 2.97. The van der Waals surface area contributed by atoms with Crippen molar-refractivity contribution in [1.29, 1.82) is 0 Å². The maximum absolute atomic E-state index is 12.4. The van der Waals surface area contributed by atoms with Gasteiger partial charge in [0.2, 0.25) is 0 Å². The van der Waals surface area contributed by atoms with E-state index in [-0.39, 0.29) is 12.5 Å². The second-order valence-corrected chi connectivity index (χ2v) is 5.70. The van der Waals surface area contributed by atoms with E-state index in [2.05, 4.69) is 4.98 Å². The fourth-order valence-corrected chi connectivity index (χ4v) is 2.57. The largest absolute Gasteiger partial charge is 0.486 e. The third kappa shape index (κ3) is 4.30. The molecule has 7 heteroatoms. The van der Waals surface area contributed by atoms with E-state index in [4.69, 9.17) is 14.2 Å². The zero-order valence-electron chi connectivity index (χ0n) is 14.5. The molecule has 0 aliphatic carbocycles. The molecule has 2 heterocycles. The Morgan fingerprint density at radius 2 is 2.00 bits per heavy atom. The van der Waals surface area contributed by atoms with Gasteiger partial charge in [0.05, 0.1) is 5.56 Å². The number of amides is 1. The Hall–Kier alpha value is -3.09. The monoisotopic (exact) mass is 356 g/mol. The van der Waals surface area contributed by atoms with Crippen LogP contribution in [0.1, 0.15) is 22.8 Å². The minimum Gasteiger partial charge on any atom is -0.486 e. The van der Waals surface area contributed by atoms with Gasteiger partial charge in [0.25, 0.3) is 5.91 Å². The fraction of sp³-hybridized carbons (Fsp3) is 0.316. The first kappa shape index (κ1) is 17.7. The lowest BCUT2D eigenvalue weighted by atomic mass is 10.1. The van der Waals surface area contributed by atoms with Gasteiger partial charge in [-0.15, -0.1) is 0 Å². The molecule has 1 aromatic heterocycles. The summed E-state index contributed by atoms with van der Waals surface area (Å²) in [5.74, 6) is 0.557. The topological polar surface area (TPSA) is 78.0 Å². The number of aromatic nitrogens is 1. The first-order chi connectivity index (χ1) is 12.7. The summed E-state index contributed by atoms with van der Waals surface area (Å²) < 4.78 is 16.1. The first-order valence-corrected chi connectivity index (χ1v) is 8.41. The summed E-state index contributed by atoms with van der Waals surface area (Å²) in [6.45, 7) is 3.50. The Balaban J connectivity index is 1.58. The van der Waals surface area contributed by atoms with Crippen LogP contribution < -0.4 is 9.47 Å². The predicted molar refractivity (Wildman–Crippen MR) is 93.0 cm³/mol. The molecule has 7 nitrogen and oxygen atoms in total. The normalized spacial score (nSPS) is 12.3. The van der Waals surface area contributed by atoms with Crippen molar-refractivity contribution in [2.24, 2.45) is 0 Å². The molecule has 136 valence electrons. The number of carbonyl (C=O) groups is 2. The SMILES string of the molecule is CCN(Cc1ccc2c(c1)OCCO2)C(=O)COC(=O)c1cccnc1. The van der Waals surface area contributed by atoms with E-state index in [0.717, 1.165) is 5.56 Å². The second kappa shape index (κ2) is 8.33. The average Bonchev–Trinajstić information content (AvgIpc) is 2.70. The van der Waals surface area contributed by atoms with Crippen LogP contribution in [0.3, 0.4) is 0 Å². The molecule has 0 N–H and O–H groups in total. The first-order valence-electron chi connectivity index (χ1n) is 8.41. The standard InChI is InChI=1S/C19H20N2O5/c1-2-21(12-14-5-6-16-17(10-14)25-9-8-24-16)18(22)13-26-19(23)15-4-3-7-20-11-15/h3-7,10-11H,2,8-9,12-13H2,1H3. The van der Waals surface area contributed by atoms with Gasteiger partial charge < -0.3 is 19.1 Å². The fourth-order valence-electron chi connectivity index (χ4n) is 2.57. The lowest BCUT2D eigenvalue weighted by Gasteiger charge is -2.23. The van der Waals surface area contributed by atoms with Crippen LogP contribution >= 0.6 is 0 Å². The number of ether oxygens (including phenoxy) is 3. The van der Waals surface area contributed by atoms with Crippen molar-refractivity contribution >= 4 is 11.9 Å². The van der Waals surface area contributed by atoms with Crippen molar-refractivity contribution in [3.05, 3.63) is 53.9 Å². The number of carbonyl (C=O) groups excluding carboxylic acids is 2. The highest BCUT2D eigenvalue weighted by Crippen LogP contribution is 2.31. The molecular formula is C19H20N2O5. The zero-order chi connectivity index (χ0) is 18.4. The van der Waals surface area contributed by atoms with Crippen molar-refractivity contribution in [2.45, 2.75) is 13.5 Å². The van der Waals surface area contributed by atoms with E-state index in [1.54, 1.807) is 23.2 Å². The molecule has 0 unspecified atom stereocenters. The van der Waals surface area contributed by atoms with E-state index >= 15 is 0 Å². The highest BCUT2D eigenvalue weighted by atomic mass is 16.6. The van der Waals surface area contributed by atoms with Gasteiger partial charge in [0.1, 0.15) is 13.2 Å². The van der Waals surface area contributed by atoms with Gasteiger partial charge in [0.15, 0.2) is 18.1 Å². The number of esters is 1. The van der Waals surface area contributed by atoms with Gasteiger partial charge in [-0.3, -0.25) is 9.78 Å². The molecular weight excluding hydrogens is 336 g/mol. The molecule has 0 saturated heterocycles. The van der Waals surface area contributed by atoms with Gasteiger partial charge in [-0.1, -0.05) is 6.07 Å². The van der Waals surface area contributed by atoms with Crippen molar-refractivity contribution in [3.63, 3.8) is 0 Å². The molecule has 3 rings (SSSR count). The summed E-state index contributed by atoms with van der Waals surface area (Å²) in [5, 5.41) is 0. The molecule has 1 amide bonds. The molecule has 0 bridgehead atoms. The van der Waals surface area contributed by atoms with Crippen molar-refractivity contribution in [3.8, 4) is 11.5 Å². The minimum atomic E-state index is -0.568. The Labute approximate surface area is 151 Å². The van der Waals surface area contributed by atoms with Gasteiger partial charge in [-0.25, -0.2) is 4.79 Å². The maximum atomic E-state index is 12.4. The molecule has 0 saturated carbocycles. The summed E-state index contributed by atoms with van der Waals surface area (Å²) in [4.78, 5) is 29.8. The van der Waals surface area contributed by atoms with Crippen LogP contribution in [0.4, 0.5) is 0 Å². The van der Waals surface area contributed by atoms with Crippen molar-refractivity contribution < 1.29 is 23.8 Å². The number of pyridine rings is 1. The van der Waals surface area contributed by atoms with Crippen LogP contribution in [0.2, 0.25) is 0 Å². The minimum absolute atomic E-state index is 0.264. The third-order valence-corrected chi connectivity index (χ3v) is 3.94. The van der Waals surface area contributed by atoms with E-state index in [0.29, 0.717) is 43.4 Å². The zero-order valence-corrected chi connectivity index (χ0v) is 14.5. The number of hydrogen-bond donors (Lipinski definition) is 0. The van der Waals surface area contributed by atoms with E-state index in [1.807, 2.05) is 25.1 Å². The smallest absolute Gasteiger partial charge is 0.340 e. The number of fused-ring (bicyclic) bond motifs is 1. The Kier molecular flexibility index (Phi) is 5.68. The summed E-state index contributed by atoms with van der Waals surface area (Å²) in [7, 11) is 0. The highest BCUT2D eigenvalue weighted by molar-refractivity contribution is 5.90. The van der Waals surface area contributed by atoms with Crippen LogP contribution in [0.25, 0.3) is 0 Å². The summed E-state index contributed by atoms with van der Waals surface area (Å²) in [5.41, 5.74) is 1.23. The van der Waals surface area contributed by atoms with Crippen LogP contribution in [0, 0.1) is 0 Å². The van der Waals surface area contributed by atoms with Crippen LogP contribution in [0.5, 0.6) is 11.5 Å². The maximum Gasteiger partial charge on any atom is 0.340 e.